The largest absolute Gasteiger partial charge is 0.370 e. The lowest BCUT2D eigenvalue weighted by molar-refractivity contribution is 0.102. The second-order valence-electron chi connectivity index (χ2n) is 6.09. The van der Waals surface area contributed by atoms with Crippen LogP contribution in [0.5, 0.6) is 0 Å². The molecule has 1 amide bonds. The number of benzene rings is 1. The molecule has 23 heavy (non-hydrogen) atoms. The third-order valence-electron chi connectivity index (χ3n) is 4.09. The van der Waals surface area contributed by atoms with E-state index in [9.17, 15) is 4.79 Å². The quantitative estimate of drug-likeness (QED) is 0.916. The van der Waals surface area contributed by atoms with Crippen LogP contribution in [0.1, 0.15) is 30.1 Å². The summed E-state index contributed by atoms with van der Waals surface area (Å²) in [5.41, 5.74) is 2.25. The van der Waals surface area contributed by atoms with Gasteiger partial charge in [-0.1, -0.05) is 24.6 Å². The summed E-state index contributed by atoms with van der Waals surface area (Å²) in [5, 5.41) is 3.45. The average molecular weight is 330 g/mol. The van der Waals surface area contributed by atoms with Gasteiger partial charge >= 0.3 is 0 Å². The summed E-state index contributed by atoms with van der Waals surface area (Å²) in [6.45, 7) is 4.29. The number of hydrogen-bond acceptors (Lipinski definition) is 3. The average Bonchev–Trinajstić information content (AvgIpc) is 2.55. The van der Waals surface area contributed by atoms with Gasteiger partial charge in [-0.2, -0.15) is 0 Å². The molecule has 1 unspecified atom stereocenters. The van der Waals surface area contributed by atoms with Crippen molar-refractivity contribution in [2.45, 2.75) is 19.8 Å². The molecule has 4 nitrogen and oxygen atoms in total. The Labute approximate surface area is 141 Å². The van der Waals surface area contributed by atoms with E-state index in [1.54, 1.807) is 18.3 Å². The van der Waals surface area contributed by atoms with Crippen LogP contribution in [0.15, 0.2) is 42.7 Å². The highest BCUT2D eigenvalue weighted by Gasteiger charge is 2.18. The Bertz CT molecular complexity index is 704. The number of piperidine rings is 1. The van der Waals surface area contributed by atoms with Gasteiger partial charge < -0.3 is 10.2 Å². The fourth-order valence-corrected chi connectivity index (χ4v) is 3.11. The zero-order valence-electron chi connectivity index (χ0n) is 13.1. The predicted molar refractivity (Wildman–Crippen MR) is 94.3 cm³/mol. The first kappa shape index (κ1) is 15.8. The van der Waals surface area contributed by atoms with Crippen LogP contribution < -0.4 is 10.2 Å². The molecule has 1 atom stereocenters. The van der Waals surface area contributed by atoms with Crippen LogP contribution in [0, 0.1) is 5.92 Å². The fourth-order valence-electron chi connectivity index (χ4n) is 2.92. The molecule has 0 spiro atoms. The van der Waals surface area contributed by atoms with Crippen molar-refractivity contribution in [1.29, 1.82) is 0 Å². The van der Waals surface area contributed by atoms with E-state index < -0.39 is 0 Å². The lowest BCUT2D eigenvalue weighted by Gasteiger charge is -2.32. The number of carbonyl (C=O) groups is 1. The highest BCUT2D eigenvalue weighted by Crippen LogP contribution is 2.23. The van der Waals surface area contributed by atoms with Crippen LogP contribution in [-0.4, -0.2) is 24.0 Å². The van der Waals surface area contributed by atoms with Crippen LogP contribution >= 0.6 is 11.6 Å². The van der Waals surface area contributed by atoms with Gasteiger partial charge in [0.2, 0.25) is 0 Å². The van der Waals surface area contributed by atoms with Gasteiger partial charge in [-0.15, -0.1) is 0 Å². The number of amides is 1. The molecule has 120 valence electrons. The summed E-state index contributed by atoms with van der Waals surface area (Å²) in [6, 6.07) is 9.03. The minimum atomic E-state index is -0.174. The number of rotatable bonds is 3. The van der Waals surface area contributed by atoms with Crippen molar-refractivity contribution >= 4 is 28.9 Å². The fraction of sp³-hybridized carbons (Fsp3) is 0.333. The lowest BCUT2D eigenvalue weighted by Crippen LogP contribution is -2.34. The van der Waals surface area contributed by atoms with Crippen LogP contribution in [0.3, 0.4) is 0 Å². The molecule has 2 heterocycles. The molecule has 0 aliphatic carbocycles. The first-order valence-electron chi connectivity index (χ1n) is 7.89. The molecule has 0 bridgehead atoms. The van der Waals surface area contributed by atoms with E-state index in [1.807, 2.05) is 24.4 Å². The number of nitrogens with zero attached hydrogens (tertiary/aromatic N) is 2. The predicted octanol–water partition coefficient (Wildman–Crippen LogP) is 4.22. The molecule has 1 aromatic carbocycles. The molecule has 1 aliphatic rings. The number of carbonyl (C=O) groups excluding carboxylic acids is 1. The minimum Gasteiger partial charge on any atom is -0.370 e. The molecule has 5 heteroatoms. The van der Waals surface area contributed by atoms with E-state index in [1.165, 1.54) is 12.8 Å². The molecular formula is C18H20ClN3O. The smallest absolute Gasteiger partial charge is 0.257 e. The van der Waals surface area contributed by atoms with E-state index in [-0.39, 0.29) is 5.91 Å². The van der Waals surface area contributed by atoms with Gasteiger partial charge in [-0.3, -0.25) is 9.78 Å². The first-order chi connectivity index (χ1) is 11.1. The first-order valence-corrected chi connectivity index (χ1v) is 8.26. The van der Waals surface area contributed by atoms with Crippen molar-refractivity contribution in [3.63, 3.8) is 0 Å². The zero-order valence-corrected chi connectivity index (χ0v) is 13.9. The molecule has 0 saturated carbocycles. The van der Waals surface area contributed by atoms with Crippen molar-refractivity contribution in [1.82, 2.24) is 4.98 Å². The van der Waals surface area contributed by atoms with Gasteiger partial charge in [0.1, 0.15) is 0 Å². The maximum absolute atomic E-state index is 12.4. The Balaban J connectivity index is 1.75. The van der Waals surface area contributed by atoms with E-state index >= 15 is 0 Å². The molecule has 1 N–H and O–H groups in total. The second-order valence-corrected chi connectivity index (χ2v) is 6.53. The molecule has 0 radical (unpaired) electrons. The van der Waals surface area contributed by atoms with E-state index in [0.717, 1.165) is 18.8 Å². The van der Waals surface area contributed by atoms with Gasteiger partial charge in [0.15, 0.2) is 0 Å². The number of aromatic nitrogens is 1. The normalized spacial score (nSPS) is 17.8. The maximum Gasteiger partial charge on any atom is 0.257 e. The van der Waals surface area contributed by atoms with Crippen molar-refractivity contribution in [2.24, 2.45) is 5.92 Å². The third-order valence-corrected chi connectivity index (χ3v) is 4.33. The Morgan fingerprint density at radius 1 is 1.35 bits per heavy atom. The molecule has 1 fully saturated rings. The Morgan fingerprint density at radius 3 is 3.00 bits per heavy atom. The van der Waals surface area contributed by atoms with Gasteiger partial charge in [0.05, 0.1) is 17.4 Å². The number of anilines is 2. The number of halogens is 1. The molecule has 2 aromatic rings. The second kappa shape index (κ2) is 7.01. The molecule has 3 rings (SSSR count). The van der Waals surface area contributed by atoms with Crippen LogP contribution in [0.25, 0.3) is 0 Å². The van der Waals surface area contributed by atoms with Gasteiger partial charge in [-0.25, -0.2) is 0 Å². The van der Waals surface area contributed by atoms with Crippen molar-refractivity contribution in [3.05, 3.63) is 53.3 Å². The topological polar surface area (TPSA) is 45.2 Å². The number of pyridine rings is 1. The van der Waals surface area contributed by atoms with Crippen molar-refractivity contribution in [3.8, 4) is 0 Å². The lowest BCUT2D eigenvalue weighted by atomic mass is 10.00. The van der Waals surface area contributed by atoms with Crippen LogP contribution in [-0.2, 0) is 0 Å². The Hall–Kier alpha value is -2.07. The summed E-state index contributed by atoms with van der Waals surface area (Å²) in [6.07, 6.45) is 5.87. The molecule has 1 aliphatic heterocycles. The minimum absolute atomic E-state index is 0.174. The number of hydrogen-bond donors (Lipinski definition) is 1. The summed E-state index contributed by atoms with van der Waals surface area (Å²) in [4.78, 5) is 19.0. The van der Waals surface area contributed by atoms with Crippen LogP contribution in [0.2, 0.25) is 5.02 Å². The molecular weight excluding hydrogens is 310 g/mol. The summed E-state index contributed by atoms with van der Waals surface area (Å²) in [7, 11) is 0. The van der Waals surface area contributed by atoms with E-state index in [4.69, 9.17) is 11.6 Å². The summed E-state index contributed by atoms with van der Waals surface area (Å²) in [5.74, 6) is 0.499. The zero-order chi connectivity index (χ0) is 16.2. The van der Waals surface area contributed by atoms with Crippen molar-refractivity contribution in [2.75, 3.05) is 23.3 Å². The van der Waals surface area contributed by atoms with E-state index in [2.05, 4.69) is 22.1 Å². The summed E-state index contributed by atoms with van der Waals surface area (Å²) >= 11 is 5.94. The highest BCUT2D eigenvalue weighted by molar-refractivity contribution is 6.30. The van der Waals surface area contributed by atoms with Crippen molar-refractivity contribution < 1.29 is 4.79 Å². The third kappa shape index (κ3) is 4.02. The van der Waals surface area contributed by atoms with E-state index in [0.29, 0.717) is 22.2 Å². The summed E-state index contributed by atoms with van der Waals surface area (Å²) < 4.78 is 0. The standard InChI is InChI=1S/C18H20ClN3O/c1-13-4-3-7-22(12-13)17-8-14(10-20-11-17)18(23)21-16-6-2-5-15(19)9-16/h2,5-6,8-11,13H,3-4,7,12H2,1H3,(H,21,23). The van der Waals surface area contributed by atoms with Gasteiger partial charge in [-0.05, 0) is 43.0 Å². The monoisotopic (exact) mass is 329 g/mol. The highest BCUT2D eigenvalue weighted by atomic mass is 35.5. The van der Waals surface area contributed by atoms with Gasteiger partial charge in [0, 0.05) is 30.0 Å². The molecule has 1 saturated heterocycles. The van der Waals surface area contributed by atoms with Gasteiger partial charge in [0.25, 0.3) is 5.91 Å². The Kier molecular flexibility index (Phi) is 4.82. The Morgan fingerprint density at radius 2 is 2.22 bits per heavy atom. The maximum atomic E-state index is 12.4. The SMILES string of the molecule is CC1CCCN(c2cncc(C(=O)Nc3cccc(Cl)c3)c2)C1. The van der Waals surface area contributed by atoms with Crippen LogP contribution in [0.4, 0.5) is 11.4 Å². The number of nitrogens with one attached hydrogen (secondary N) is 1. The molecule has 1 aromatic heterocycles.